The number of nitrogens with zero attached hydrogens (tertiary/aromatic N) is 3. The molecule has 172 valence electrons. The highest BCUT2D eigenvalue weighted by molar-refractivity contribution is 6.34. The van der Waals surface area contributed by atoms with Crippen molar-refractivity contribution >= 4 is 35.0 Å². The van der Waals surface area contributed by atoms with E-state index in [2.05, 4.69) is 5.10 Å². The number of carboxylic acids is 1. The van der Waals surface area contributed by atoms with Gasteiger partial charge in [0.15, 0.2) is 5.71 Å². The molecule has 0 bridgehead atoms. The molecule has 0 radical (unpaired) electrons. The van der Waals surface area contributed by atoms with E-state index in [1.165, 1.54) is 54.6 Å². The predicted octanol–water partition coefficient (Wildman–Crippen LogP) is 4.90. The molecule has 34 heavy (non-hydrogen) atoms. The highest BCUT2D eigenvalue weighted by Gasteiger charge is 2.47. The van der Waals surface area contributed by atoms with Crippen LogP contribution in [0.25, 0.3) is 17.4 Å². The van der Waals surface area contributed by atoms with Crippen LogP contribution >= 0.6 is 0 Å². The molecule has 0 saturated carbocycles. The number of carboxylic acid groups (broad SMARTS) is 1. The normalized spacial score (nSPS) is 15.0. The number of hydrazone groups is 1. The second-order valence-corrected chi connectivity index (χ2v) is 6.95. The predicted molar refractivity (Wildman–Crippen MR) is 113 cm³/mol. The first-order valence-electron chi connectivity index (χ1n) is 9.45. The van der Waals surface area contributed by atoms with Gasteiger partial charge in [0.1, 0.15) is 11.5 Å². The fraction of sp³-hybridized carbons (Fsp3) is 0.0455. The third kappa shape index (κ3) is 4.16. The molecule has 9 nitrogen and oxygen atoms in total. The lowest BCUT2D eigenvalue weighted by atomic mass is 10.1. The minimum atomic E-state index is -5.01. The standard InChI is InChI=1S/C22H12F3N3O6/c23-22(24,25)19-16(20(29)27(26-19)13-5-3-4-12(10-13)21(30)31)11-14-8-9-18(34-14)15-6-1-2-7-17(15)28(32)33/h1-11H,(H,30,31). The number of amides is 1. The maximum absolute atomic E-state index is 13.6. The van der Waals surface area contributed by atoms with Gasteiger partial charge in [-0.25, -0.2) is 4.79 Å². The van der Waals surface area contributed by atoms with Crippen molar-refractivity contribution in [3.05, 3.63) is 87.7 Å². The summed E-state index contributed by atoms with van der Waals surface area (Å²) in [4.78, 5) is 34.6. The molecule has 2 aromatic carbocycles. The summed E-state index contributed by atoms with van der Waals surface area (Å²) in [5.41, 5.74) is -2.91. The van der Waals surface area contributed by atoms with E-state index in [1.54, 1.807) is 0 Å². The van der Waals surface area contributed by atoms with Crippen molar-refractivity contribution in [3.63, 3.8) is 0 Å². The molecule has 0 fully saturated rings. The van der Waals surface area contributed by atoms with Gasteiger partial charge >= 0.3 is 12.1 Å². The molecular weight excluding hydrogens is 459 g/mol. The lowest BCUT2D eigenvalue weighted by molar-refractivity contribution is -0.384. The lowest BCUT2D eigenvalue weighted by Crippen LogP contribution is -2.25. The molecule has 0 saturated heterocycles. The van der Waals surface area contributed by atoms with Gasteiger partial charge in [0, 0.05) is 6.07 Å². The van der Waals surface area contributed by atoms with Gasteiger partial charge in [0.2, 0.25) is 0 Å². The van der Waals surface area contributed by atoms with Crippen molar-refractivity contribution < 1.29 is 37.2 Å². The molecule has 0 unspecified atom stereocenters. The van der Waals surface area contributed by atoms with Crippen LogP contribution in [-0.4, -0.2) is 33.8 Å². The van der Waals surface area contributed by atoms with Crippen molar-refractivity contribution in [2.75, 3.05) is 5.01 Å². The van der Waals surface area contributed by atoms with Gasteiger partial charge < -0.3 is 9.52 Å². The Morgan fingerprint density at radius 3 is 2.53 bits per heavy atom. The zero-order valence-electron chi connectivity index (χ0n) is 16.8. The van der Waals surface area contributed by atoms with E-state index in [0.29, 0.717) is 5.01 Å². The second-order valence-electron chi connectivity index (χ2n) is 6.95. The number of hydrogen-bond acceptors (Lipinski definition) is 6. The molecule has 1 N–H and O–H groups in total. The molecular formula is C22H12F3N3O6. The molecule has 0 atom stereocenters. The molecule has 1 aliphatic rings. The van der Waals surface area contributed by atoms with Crippen LogP contribution in [-0.2, 0) is 4.79 Å². The minimum absolute atomic E-state index is 0.0149. The first-order valence-corrected chi connectivity index (χ1v) is 9.45. The van der Waals surface area contributed by atoms with E-state index in [4.69, 9.17) is 9.52 Å². The highest BCUT2D eigenvalue weighted by Crippen LogP contribution is 2.35. The van der Waals surface area contributed by atoms with Gasteiger partial charge in [0.25, 0.3) is 11.6 Å². The van der Waals surface area contributed by atoms with Crippen LogP contribution in [0.1, 0.15) is 16.1 Å². The third-order valence-electron chi connectivity index (χ3n) is 4.76. The summed E-state index contributed by atoms with van der Waals surface area (Å²) in [6.07, 6.45) is -4.18. The number of para-hydroxylation sites is 1. The van der Waals surface area contributed by atoms with Crippen LogP contribution in [0.4, 0.5) is 24.5 Å². The number of hydrogen-bond donors (Lipinski definition) is 1. The Bertz CT molecular complexity index is 1390. The molecule has 1 aliphatic heterocycles. The summed E-state index contributed by atoms with van der Waals surface area (Å²) in [5.74, 6) is -2.64. The number of benzene rings is 2. The zero-order valence-corrected chi connectivity index (χ0v) is 16.8. The number of rotatable bonds is 5. The van der Waals surface area contributed by atoms with Gasteiger partial charge in [-0.3, -0.25) is 14.9 Å². The van der Waals surface area contributed by atoms with Gasteiger partial charge in [-0.15, -0.1) is 0 Å². The Balaban J connectivity index is 1.75. The molecule has 1 aromatic heterocycles. The van der Waals surface area contributed by atoms with Gasteiger partial charge in [-0.1, -0.05) is 18.2 Å². The average molecular weight is 471 g/mol. The summed E-state index contributed by atoms with van der Waals surface area (Å²) >= 11 is 0. The number of carbonyl (C=O) groups excluding carboxylic acids is 1. The summed E-state index contributed by atoms with van der Waals surface area (Å²) in [7, 11) is 0. The van der Waals surface area contributed by atoms with Crippen LogP contribution in [0, 0.1) is 10.1 Å². The molecule has 3 aromatic rings. The van der Waals surface area contributed by atoms with E-state index < -0.39 is 34.3 Å². The third-order valence-corrected chi connectivity index (χ3v) is 4.76. The second kappa shape index (κ2) is 8.31. The maximum atomic E-state index is 13.6. The number of nitro benzene ring substituents is 1. The average Bonchev–Trinajstić information content (AvgIpc) is 3.39. The fourth-order valence-corrected chi connectivity index (χ4v) is 3.26. The largest absolute Gasteiger partial charge is 0.478 e. The summed E-state index contributed by atoms with van der Waals surface area (Å²) in [6, 6.07) is 13.0. The van der Waals surface area contributed by atoms with Crippen molar-refractivity contribution in [1.29, 1.82) is 0 Å². The topological polar surface area (TPSA) is 126 Å². The minimum Gasteiger partial charge on any atom is -0.478 e. The van der Waals surface area contributed by atoms with E-state index in [9.17, 15) is 32.9 Å². The van der Waals surface area contributed by atoms with E-state index in [-0.39, 0.29) is 34.0 Å². The number of alkyl halides is 3. The van der Waals surface area contributed by atoms with Crippen molar-refractivity contribution in [2.45, 2.75) is 6.18 Å². The number of halogens is 3. The molecule has 4 rings (SSSR count). The van der Waals surface area contributed by atoms with Crippen LogP contribution < -0.4 is 5.01 Å². The fourth-order valence-electron chi connectivity index (χ4n) is 3.26. The smallest absolute Gasteiger partial charge is 0.435 e. The molecule has 0 aliphatic carbocycles. The quantitative estimate of drug-likeness (QED) is 0.320. The monoisotopic (exact) mass is 471 g/mol. The number of anilines is 1. The van der Waals surface area contributed by atoms with E-state index in [1.807, 2.05) is 0 Å². The van der Waals surface area contributed by atoms with Crippen molar-refractivity contribution in [1.82, 2.24) is 0 Å². The molecule has 2 heterocycles. The van der Waals surface area contributed by atoms with Gasteiger partial charge in [-0.05, 0) is 42.5 Å². The molecule has 12 heteroatoms. The highest BCUT2D eigenvalue weighted by atomic mass is 19.4. The lowest BCUT2D eigenvalue weighted by Gasteiger charge is -2.11. The Labute approximate surface area is 188 Å². The van der Waals surface area contributed by atoms with Gasteiger partial charge in [0.05, 0.1) is 27.3 Å². The summed E-state index contributed by atoms with van der Waals surface area (Å²) in [5, 5.41) is 24.2. The van der Waals surface area contributed by atoms with Crippen LogP contribution in [0.3, 0.4) is 0 Å². The first kappa shape index (κ1) is 22.5. The van der Waals surface area contributed by atoms with Gasteiger partial charge in [-0.2, -0.15) is 23.3 Å². The number of carbonyl (C=O) groups is 2. The van der Waals surface area contributed by atoms with E-state index >= 15 is 0 Å². The van der Waals surface area contributed by atoms with Crippen LogP contribution in [0.2, 0.25) is 0 Å². The Kier molecular flexibility index (Phi) is 5.49. The SMILES string of the molecule is O=C(O)c1cccc(N2N=C(C(F)(F)F)C(=Cc3ccc(-c4ccccc4[N+](=O)[O-])o3)C2=O)c1. The van der Waals surface area contributed by atoms with E-state index in [0.717, 1.165) is 12.1 Å². The number of aromatic carboxylic acids is 1. The summed E-state index contributed by atoms with van der Waals surface area (Å²) < 4.78 is 46.4. The van der Waals surface area contributed by atoms with Crippen LogP contribution in [0.15, 0.2) is 75.8 Å². The van der Waals surface area contributed by atoms with Crippen LogP contribution in [0.5, 0.6) is 0 Å². The number of furan rings is 1. The Morgan fingerprint density at radius 2 is 1.85 bits per heavy atom. The Morgan fingerprint density at radius 1 is 1.12 bits per heavy atom. The zero-order chi connectivity index (χ0) is 24.6. The Hall–Kier alpha value is -4.74. The maximum Gasteiger partial charge on any atom is 0.435 e. The first-order chi connectivity index (χ1) is 16.1. The molecule has 1 amide bonds. The molecule has 0 spiro atoms. The van der Waals surface area contributed by atoms with Crippen molar-refractivity contribution in [2.24, 2.45) is 5.10 Å². The van der Waals surface area contributed by atoms with Crippen molar-refractivity contribution in [3.8, 4) is 11.3 Å². The summed E-state index contributed by atoms with van der Waals surface area (Å²) in [6.45, 7) is 0. The number of nitro groups is 1.